The topological polar surface area (TPSA) is 0 Å². The van der Waals surface area contributed by atoms with E-state index in [-0.39, 0.29) is 8.83 Å². The van der Waals surface area contributed by atoms with Crippen molar-refractivity contribution in [2.24, 2.45) is 0 Å². The van der Waals surface area contributed by atoms with E-state index in [4.69, 9.17) is 11.1 Å². The molecule has 0 fully saturated rings. The van der Waals surface area contributed by atoms with Gasteiger partial charge in [-0.3, -0.25) is 0 Å². The van der Waals surface area contributed by atoms with Crippen molar-refractivity contribution in [3.63, 3.8) is 0 Å². The highest BCUT2D eigenvalue weighted by Gasteiger charge is 2.07. The van der Waals surface area contributed by atoms with Crippen molar-refractivity contribution in [3.8, 4) is 0 Å². The molecule has 0 aromatic heterocycles. The molecule has 9 heavy (non-hydrogen) atoms. The van der Waals surface area contributed by atoms with Crippen LogP contribution in [0.1, 0.15) is 20.3 Å². The van der Waals surface area contributed by atoms with Crippen LogP contribution in [0.2, 0.25) is 0 Å². The van der Waals surface area contributed by atoms with Gasteiger partial charge in [0.25, 0.3) is 0 Å². The molecule has 0 unspecified atom stereocenters. The molecule has 0 amide bonds. The second-order valence-corrected chi connectivity index (χ2v) is 4.51. The maximum atomic E-state index is 5.82. The van der Waals surface area contributed by atoms with Crippen LogP contribution in [0.3, 0.4) is 0 Å². The van der Waals surface area contributed by atoms with E-state index >= 15 is 0 Å². The largest absolute Gasteiger partial charge is 0.170 e. The molecule has 0 aromatic carbocycles. The zero-order chi connectivity index (χ0) is 6.85. The predicted octanol–water partition coefficient (Wildman–Crippen LogP) is 1.93. The van der Waals surface area contributed by atoms with Gasteiger partial charge in [-0.25, -0.2) is 0 Å². The summed E-state index contributed by atoms with van der Waals surface area (Å²) in [4.78, 5) is 0. The summed E-state index contributed by atoms with van der Waals surface area (Å²) >= 11 is 5.82. The van der Waals surface area contributed by atoms with E-state index in [1.54, 1.807) is 0 Å². The predicted molar refractivity (Wildman–Crippen MR) is 45.5 cm³/mol. The minimum atomic E-state index is -0.389. The molecule has 0 saturated heterocycles. The Hall–Kier alpha value is -0.0131. The molecule has 0 bridgehead atoms. The SMILES string of the molecule is CC1=CC(C)=C([SiH2]Cl)C1. The van der Waals surface area contributed by atoms with Gasteiger partial charge in [0.1, 0.15) is 0 Å². The molecule has 0 atom stereocenters. The van der Waals surface area contributed by atoms with Gasteiger partial charge in [-0.2, -0.15) is 11.1 Å². The molecule has 50 valence electrons. The first-order chi connectivity index (χ1) is 4.24. The Morgan fingerprint density at radius 3 is 2.44 bits per heavy atom. The number of halogens is 1. The number of hydrogen-bond donors (Lipinski definition) is 0. The first-order valence-electron chi connectivity index (χ1n) is 3.16. The second-order valence-electron chi connectivity index (χ2n) is 2.59. The fourth-order valence-electron chi connectivity index (χ4n) is 1.15. The minimum Gasteiger partial charge on any atom is -0.170 e. The molecule has 1 rings (SSSR count). The molecule has 0 radical (unpaired) electrons. The molecular formula is C7H11ClSi. The van der Waals surface area contributed by atoms with Crippen LogP contribution < -0.4 is 0 Å². The van der Waals surface area contributed by atoms with Crippen LogP contribution in [0.4, 0.5) is 0 Å². The van der Waals surface area contributed by atoms with E-state index < -0.39 is 0 Å². The summed E-state index contributed by atoms with van der Waals surface area (Å²) in [5, 5.41) is 1.52. The Balaban J connectivity index is 2.72. The Labute approximate surface area is 63.1 Å². The smallest absolute Gasteiger partial charge is 0.152 e. The standard InChI is InChI=1S/C7H11ClSi/c1-5-3-6(2)7(4-5)9-8/h3H,4,9H2,1-2H3. The van der Waals surface area contributed by atoms with Gasteiger partial charge < -0.3 is 0 Å². The van der Waals surface area contributed by atoms with Gasteiger partial charge >= 0.3 is 0 Å². The quantitative estimate of drug-likeness (QED) is 0.404. The molecule has 0 heterocycles. The Morgan fingerprint density at radius 1 is 1.56 bits per heavy atom. The highest BCUT2D eigenvalue weighted by atomic mass is 35.6. The minimum absolute atomic E-state index is 0.389. The third-order valence-electron chi connectivity index (χ3n) is 1.67. The fourth-order valence-corrected chi connectivity index (χ4v) is 2.87. The van der Waals surface area contributed by atoms with Crippen LogP contribution in [-0.2, 0) is 0 Å². The van der Waals surface area contributed by atoms with Crippen LogP contribution in [-0.4, -0.2) is 8.83 Å². The van der Waals surface area contributed by atoms with E-state index in [0.29, 0.717) is 0 Å². The highest BCUT2D eigenvalue weighted by molar-refractivity contribution is 6.98. The normalized spacial score (nSPS) is 20.1. The van der Waals surface area contributed by atoms with Crippen molar-refractivity contribution in [2.75, 3.05) is 0 Å². The van der Waals surface area contributed by atoms with Crippen molar-refractivity contribution >= 4 is 19.9 Å². The lowest BCUT2D eigenvalue weighted by Gasteiger charge is -1.94. The molecule has 0 aliphatic heterocycles. The highest BCUT2D eigenvalue weighted by Crippen LogP contribution is 2.23. The molecular weight excluding hydrogens is 148 g/mol. The van der Waals surface area contributed by atoms with Crippen molar-refractivity contribution in [1.82, 2.24) is 0 Å². The fraction of sp³-hybridized carbons (Fsp3) is 0.429. The maximum absolute atomic E-state index is 5.82. The van der Waals surface area contributed by atoms with Crippen LogP contribution in [0.5, 0.6) is 0 Å². The van der Waals surface area contributed by atoms with Crippen LogP contribution >= 0.6 is 11.1 Å². The molecule has 2 heteroatoms. The van der Waals surface area contributed by atoms with Gasteiger partial charge in [-0.15, -0.1) is 0 Å². The summed E-state index contributed by atoms with van der Waals surface area (Å²) in [5.41, 5.74) is 2.89. The van der Waals surface area contributed by atoms with Crippen LogP contribution in [0.15, 0.2) is 22.4 Å². The van der Waals surface area contributed by atoms with Crippen molar-refractivity contribution < 1.29 is 0 Å². The molecule has 0 N–H and O–H groups in total. The summed E-state index contributed by atoms with van der Waals surface area (Å²) in [6.45, 7) is 4.32. The molecule has 0 saturated carbocycles. The van der Waals surface area contributed by atoms with Gasteiger partial charge in [0.05, 0.1) is 0 Å². The maximum Gasteiger partial charge on any atom is 0.152 e. The van der Waals surface area contributed by atoms with Crippen molar-refractivity contribution in [2.45, 2.75) is 20.3 Å². The van der Waals surface area contributed by atoms with Crippen LogP contribution in [0, 0.1) is 0 Å². The van der Waals surface area contributed by atoms with E-state index in [1.807, 2.05) is 0 Å². The third kappa shape index (κ3) is 1.46. The number of hydrogen-bond acceptors (Lipinski definition) is 0. The van der Waals surface area contributed by atoms with E-state index in [0.717, 1.165) is 6.42 Å². The van der Waals surface area contributed by atoms with Gasteiger partial charge in [-0.1, -0.05) is 22.4 Å². The molecule has 0 aromatic rings. The summed E-state index contributed by atoms with van der Waals surface area (Å²) < 4.78 is 0. The summed E-state index contributed by atoms with van der Waals surface area (Å²) in [6, 6.07) is 0. The molecule has 0 spiro atoms. The molecule has 1 aliphatic carbocycles. The molecule has 1 aliphatic rings. The molecule has 0 nitrogen and oxygen atoms in total. The number of rotatable bonds is 1. The summed E-state index contributed by atoms with van der Waals surface area (Å²) in [6.07, 6.45) is 3.40. The first kappa shape index (κ1) is 7.10. The lowest BCUT2D eigenvalue weighted by molar-refractivity contribution is 1.23. The Morgan fingerprint density at radius 2 is 2.22 bits per heavy atom. The average molecular weight is 159 g/mol. The zero-order valence-corrected chi connectivity index (χ0v) is 8.04. The van der Waals surface area contributed by atoms with Gasteiger partial charge in [-0.05, 0) is 20.3 Å². The van der Waals surface area contributed by atoms with E-state index in [2.05, 4.69) is 19.9 Å². The number of allylic oxidation sites excluding steroid dienone is 4. The van der Waals surface area contributed by atoms with Crippen molar-refractivity contribution in [3.05, 3.63) is 22.4 Å². The second kappa shape index (κ2) is 2.71. The van der Waals surface area contributed by atoms with Crippen molar-refractivity contribution in [1.29, 1.82) is 0 Å². The Bertz CT molecular complexity index is 179. The van der Waals surface area contributed by atoms with E-state index in [1.165, 1.54) is 16.3 Å². The zero-order valence-electron chi connectivity index (χ0n) is 5.87. The monoisotopic (exact) mass is 158 g/mol. The summed E-state index contributed by atoms with van der Waals surface area (Å²) in [7, 11) is -0.389. The first-order valence-corrected chi connectivity index (χ1v) is 6.00. The lowest BCUT2D eigenvalue weighted by atomic mass is 10.3. The summed E-state index contributed by atoms with van der Waals surface area (Å²) in [5.74, 6) is 0. The lowest BCUT2D eigenvalue weighted by Crippen LogP contribution is -1.86. The third-order valence-corrected chi connectivity index (χ3v) is 3.77. The van der Waals surface area contributed by atoms with Crippen LogP contribution in [0.25, 0.3) is 0 Å². The average Bonchev–Trinajstić information content (AvgIpc) is 2.10. The van der Waals surface area contributed by atoms with E-state index in [9.17, 15) is 0 Å². The van der Waals surface area contributed by atoms with Gasteiger partial charge in [0, 0.05) is 0 Å². The van der Waals surface area contributed by atoms with Gasteiger partial charge in [0.15, 0.2) is 8.83 Å². The Kier molecular flexibility index (Phi) is 2.14. The van der Waals surface area contributed by atoms with Gasteiger partial charge in [0.2, 0.25) is 0 Å².